The third-order valence-corrected chi connectivity index (χ3v) is 18.6. The fraction of sp³-hybridized carbons (Fsp3) is 0.778. The molecule has 0 bridgehead atoms. The molecular formula is C81H142O17P2-2. The third-order valence-electron chi connectivity index (χ3n) is 16.8. The molecule has 0 saturated heterocycles. The Bertz CT molecular complexity index is 2230. The summed E-state index contributed by atoms with van der Waals surface area (Å²) in [5, 5.41) is 10.6. The molecule has 0 amide bonds. The van der Waals surface area contributed by atoms with Gasteiger partial charge in [0.2, 0.25) is 0 Å². The van der Waals surface area contributed by atoms with Crippen LogP contribution in [0.4, 0.5) is 0 Å². The lowest BCUT2D eigenvalue weighted by Crippen LogP contribution is -2.31. The molecule has 3 unspecified atom stereocenters. The predicted octanol–water partition coefficient (Wildman–Crippen LogP) is 21.7. The zero-order valence-corrected chi connectivity index (χ0v) is 65.1. The minimum absolute atomic E-state index is 0.0561. The second-order valence-electron chi connectivity index (χ2n) is 26.6. The summed E-state index contributed by atoms with van der Waals surface area (Å²) >= 11 is 0. The third kappa shape index (κ3) is 72.6. The second-order valence-corrected chi connectivity index (χ2v) is 29.4. The summed E-state index contributed by atoms with van der Waals surface area (Å²) in [5.41, 5.74) is 0. The molecule has 100 heavy (non-hydrogen) atoms. The Morgan fingerprint density at radius 1 is 0.290 bits per heavy atom. The zero-order chi connectivity index (χ0) is 73.2. The standard InChI is InChI=1S/C81H144O17P2/c1-5-9-13-17-21-25-29-33-37-41-45-49-53-57-61-65-78(83)91-71-76(97-80(85)67-63-59-55-51-47-43-39-35-31-27-23-19-15-11-7-3)73-95-99(87,88)93-69-75(82)70-94-100(89,90)96-74-77(98-81(86)68-64-60-56-52-48-44-40-36-32-28-24-20-16-12-8-4)72-92-79(84)66-62-58-54-50-46-42-38-34-30-26-22-18-14-10-6-2/h21-23,25-27,33-40,75-77,82H,5-20,24,28-32,41-74H2,1-4H3,(H,87,88)(H,89,90)/p-2/b25-21-,26-22-,27-23-,37-33-,38-34-,39-35-,40-36-/t75?,76-,77-/m1/s1. The lowest BCUT2D eigenvalue weighted by Gasteiger charge is -2.28. The zero-order valence-electron chi connectivity index (χ0n) is 63.3. The van der Waals surface area contributed by atoms with Gasteiger partial charge in [0.15, 0.2) is 12.2 Å². The maximum absolute atomic E-state index is 13.0. The summed E-state index contributed by atoms with van der Waals surface area (Å²) in [5.74, 6) is -2.30. The smallest absolute Gasteiger partial charge is 0.306 e. The number of carbonyl (C=O) groups excluding carboxylic acids is 4. The maximum Gasteiger partial charge on any atom is 0.306 e. The van der Waals surface area contributed by atoms with Crippen LogP contribution in [-0.2, 0) is 65.4 Å². The Morgan fingerprint density at radius 2 is 0.500 bits per heavy atom. The highest BCUT2D eigenvalue weighted by Gasteiger charge is 2.25. The number of esters is 4. The quantitative estimate of drug-likeness (QED) is 0.0196. The first kappa shape index (κ1) is 96.2. The van der Waals surface area contributed by atoms with Crippen molar-refractivity contribution in [1.29, 1.82) is 0 Å². The van der Waals surface area contributed by atoms with Gasteiger partial charge in [-0.2, -0.15) is 0 Å². The van der Waals surface area contributed by atoms with Crippen LogP contribution in [0.3, 0.4) is 0 Å². The van der Waals surface area contributed by atoms with Crippen molar-refractivity contribution >= 4 is 39.5 Å². The van der Waals surface area contributed by atoms with Crippen LogP contribution in [0, 0.1) is 0 Å². The largest absolute Gasteiger partial charge is 0.756 e. The van der Waals surface area contributed by atoms with Crippen molar-refractivity contribution in [3.63, 3.8) is 0 Å². The fourth-order valence-electron chi connectivity index (χ4n) is 10.6. The molecule has 0 aromatic heterocycles. The number of ether oxygens (including phenoxy) is 4. The molecule has 580 valence electrons. The molecule has 0 saturated carbocycles. The first-order chi connectivity index (χ1) is 48.7. The second kappa shape index (κ2) is 73.5. The van der Waals surface area contributed by atoms with E-state index in [1.54, 1.807) is 0 Å². The molecule has 19 heteroatoms. The van der Waals surface area contributed by atoms with Crippen LogP contribution >= 0.6 is 15.6 Å². The molecule has 17 nitrogen and oxygen atoms in total. The van der Waals surface area contributed by atoms with Gasteiger partial charge in [-0.05, 0) is 148 Å². The van der Waals surface area contributed by atoms with Gasteiger partial charge < -0.3 is 51.9 Å². The van der Waals surface area contributed by atoms with E-state index >= 15 is 0 Å². The van der Waals surface area contributed by atoms with E-state index in [-0.39, 0.29) is 25.7 Å². The topological polar surface area (TPSA) is 243 Å². The first-order valence-corrected chi connectivity index (χ1v) is 42.7. The van der Waals surface area contributed by atoms with Gasteiger partial charge in [0, 0.05) is 25.7 Å². The molecule has 0 aromatic rings. The van der Waals surface area contributed by atoms with E-state index < -0.39 is 97.5 Å². The molecule has 0 aromatic carbocycles. The SMILES string of the molecule is CCCCC/C=C\C/C=C\CCCCCCCC(=O)OC[C@H](COP(=O)([O-])OCC(O)COP(=O)([O-])OC[C@@H](COC(=O)CCCCCCC/C=C\C/C=C\CCCCC)OC(=O)CCCCCCC/C=C\CCCCCCCC)OC(=O)CCCCCCC/C=C\C/C=C\CCCCC. The van der Waals surface area contributed by atoms with Crippen molar-refractivity contribution in [2.24, 2.45) is 0 Å². The minimum Gasteiger partial charge on any atom is -0.756 e. The van der Waals surface area contributed by atoms with E-state index in [0.717, 1.165) is 173 Å². The van der Waals surface area contributed by atoms with E-state index in [4.69, 9.17) is 37.0 Å². The molecule has 0 rings (SSSR count). The Labute approximate surface area is 608 Å². The van der Waals surface area contributed by atoms with Crippen molar-refractivity contribution < 1.29 is 80.2 Å². The molecule has 0 radical (unpaired) electrons. The van der Waals surface area contributed by atoms with Gasteiger partial charge >= 0.3 is 23.9 Å². The number of hydrogen-bond acceptors (Lipinski definition) is 17. The fourth-order valence-corrected chi connectivity index (χ4v) is 12.2. The van der Waals surface area contributed by atoms with E-state index in [0.29, 0.717) is 25.7 Å². The number of allylic oxidation sites excluding steroid dienone is 14. The van der Waals surface area contributed by atoms with Crippen molar-refractivity contribution in [3.8, 4) is 0 Å². The van der Waals surface area contributed by atoms with Gasteiger partial charge in [-0.15, -0.1) is 0 Å². The molecule has 0 spiro atoms. The van der Waals surface area contributed by atoms with Crippen LogP contribution in [0.25, 0.3) is 0 Å². The number of hydrogen-bond donors (Lipinski definition) is 1. The minimum atomic E-state index is -5.25. The van der Waals surface area contributed by atoms with Crippen LogP contribution in [0.5, 0.6) is 0 Å². The van der Waals surface area contributed by atoms with Crippen molar-refractivity contribution in [2.45, 2.75) is 367 Å². The number of aliphatic hydroxyl groups excluding tert-OH is 1. The number of unbranched alkanes of at least 4 members (excludes halogenated alkanes) is 35. The van der Waals surface area contributed by atoms with Crippen LogP contribution in [0.15, 0.2) is 85.1 Å². The van der Waals surface area contributed by atoms with Gasteiger partial charge in [0.1, 0.15) is 19.3 Å². The Kier molecular flexibility index (Phi) is 70.8. The number of aliphatic hydroxyl groups is 1. The maximum atomic E-state index is 13.0. The summed E-state index contributed by atoms with van der Waals surface area (Å²) in [6.07, 6.45) is 74.9. The summed E-state index contributed by atoms with van der Waals surface area (Å²) in [6, 6.07) is 0. The van der Waals surface area contributed by atoms with Crippen LogP contribution < -0.4 is 9.79 Å². The van der Waals surface area contributed by atoms with Gasteiger partial charge in [0.25, 0.3) is 15.6 Å². The summed E-state index contributed by atoms with van der Waals surface area (Å²) in [4.78, 5) is 77.6. The van der Waals surface area contributed by atoms with Gasteiger partial charge in [-0.25, -0.2) is 0 Å². The molecule has 0 aliphatic heterocycles. The van der Waals surface area contributed by atoms with E-state index in [9.17, 15) is 43.2 Å². The first-order valence-electron chi connectivity index (χ1n) is 39.8. The van der Waals surface area contributed by atoms with Gasteiger partial charge in [-0.3, -0.25) is 28.3 Å². The Hall–Kier alpha value is -3.76. The van der Waals surface area contributed by atoms with Crippen molar-refractivity contribution in [3.05, 3.63) is 85.1 Å². The number of rotatable bonds is 75. The monoisotopic (exact) mass is 1450 g/mol. The van der Waals surface area contributed by atoms with Crippen molar-refractivity contribution in [1.82, 2.24) is 0 Å². The average molecular weight is 1450 g/mol. The van der Waals surface area contributed by atoms with Crippen LogP contribution in [-0.4, -0.2) is 86.9 Å². The Balaban J connectivity index is 5.38. The van der Waals surface area contributed by atoms with Crippen LogP contribution in [0.2, 0.25) is 0 Å². The highest BCUT2D eigenvalue weighted by molar-refractivity contribution is 7.46. The molecule has 0 fully saturated rings. The van der Waals surface area contributed by atoms with E-state index in [1.165, 1.54) is 96.3 Å². The molecule has 0 aliphatic rings. The summed E-state index contributed by atoms with van der Waals surface area (Å²) in [7, 11) is -10.5. The molecule has 1 N–H and O–H groups in total. The van der Waals surface area contributed by atoms with E-state index in [2.05, 4.69) is 113 Å². The highest BCUT2D eigenvalue weighted by Crippen LogP contribution is 2.41. The summed E-state index contributed by atoms with van der Waals surface area (Å²) in [6.45, 7) is 4.37. The van der Waals surface area contributed by atoms with Gasteiger partial charge in [0.05, 0.1) is 26.4 Å². The van der Waals surface area contributed by atoms with Crippen LogP contribution in [0.1, 0.15) is 349 Å². The molecule has 0 aliphatic carbocycles. The Morgan fingerprint density at radius 3 is 0.780 bits per heavy atom. The summed E-state index contributed by atoms with van der Waals surface area (Å²) < 4.78 is 67.7. The highest BCUT2D eigenvalue weighted by atomic mass is 31.2. The normalized spacial score (nSPS) is 14.3. The molecule has 0 heterocycles. The lowest BCUT2D eigenvalue weighted by molar-refractivity contribution is -0.233. The molecule has 5 atom stereocenters. The predicted molar refractivity (Wildman–Crippen MR) is 404 cm³/mol. The van der Waals surface area contributed by atoms with E-state index in [1.807, 2.05) is 0 Å². The number of carbonyl (C=O) groups is 4. The van der Waals surface area contributed by atoms with Crippen molar-refractivity contribution in [2.75, 3.05) is 39.6 Å². The van der Waals surface area contributed by atoms with Gasteiger partial charge in [-0.1, -0.05) is 260 Å². The lowest BCUT2D eigenvalue weighted by atomic mass is 10.1. The molecular weight excluding hydrogens is 1310 g/mol. The number of phosphoric acid groups is 2. The number of phosphoric ester groups is 2. The average Bonchev–Trinajstić information content (AvgIpc) is 1.01.